The maximum absolute atomic E-state index is 11.2. The van der Waals surface area contributed by atoms with Crippen LogP contribution in [0.15, 0.2) is 0 Å². The molecule has 0 aromatic rings. The second-order valence-corrected chi connectivity index (χ2v) is 3.98. The van der Waals surface area contributed by atoms with E-state index in [4.69, 9.17) is 9.84 Å². The molecular formula is C11H21N3O5. The number of hydrogen-bond acceptors (Lipinski definition) is 4. The smallest absolute Gasteiger partial charge is 0.314 e. The topological polar surface area (TPSA) is 108 Å². The van der Waals surface area contributed by atoms with Crippen molar-refractivity contribution in [3.8, 4) is 0 Å². The fourth-order valence-electron chi connectivity index (χ4n) is 1.07. The largest absolute Gasteiger partial charge is 0.481 e. The van der Waals surface area contributed by atoms with E-state index in [1.807, 2.05) is 0 Å². The third kappa shape index (κ3) is 11.0. The van der Waals surface area contributed by atoms with E-state index in [9.17, 15) is 14.4 Å². The van der Waals surface area contributed by atoms with Gasteiger partial charge in [-0.15, -0.1) is 0 Å². The lowest BCUT2D eigenvalue weighted by Crippen LogP contribution is -2.39. The zero-order valence-electron chi connectivity index (χ0n) is 11.3. The van der Waals surface area contributed by atoms with E-state index in [1.165, 1.54) is 4.90 Å². The van der Waals surface area contributed by atoms with E-state index in [0.717, 1.165) is 0 Å². The van der Waals surface area contributed by atoms with E-state index in [0.29, 0.717) is 0 Å². The van der Waals surface area contributed by atoms with Crippen LogP contribution in [0, 0.1) is 0 Å². The standard InChI is InChI=1S/C11H21N3O5/c1-14(2)9(15)3-5-12-11(18)13-6-8-19-7-4-10(16)17/h3-8H2,1-2H3,(H,16,17)(H2,12,13,18). The first-order valence-electron chi connectivity index (χ1n) is 5.95. The Morgan fingerprint density at radius 2 is 1.68 bits per heavy atom. The van der Waals surface area contributed by atoms with Crippen LogP contribution < -0.4 is 10.6 Å². The van der Waals surface area contributed by atoms with Gasteiger partial charge in [0.15, 0.2) is 0 Å². The van der Waals surface area contributed by atoms with Crippen molar-refractivity contribution < 1.29 is 24.2 Å². The summed E-state index contributed by atoms with van der Waals surface area (Å²) in [6, 6.07) is -0.381. The number of carbonyl (C=O) groups is 3. The molecule has 0 unspecified atom stereocenters. The van der Waals surface area contributed by atoms with Gasteiger partial charge < -0.3 is 25.4 Å². The van der Waals surface area contributed by atoms with Crippen LogP contribution in [0.5, 0.6) is 0 Å². The predicted molar refractivity (Wildman–Crippen MR) is 67.8 cm³/mol. The van der Waals surface area contributed by atoms with Gasteiger partial charge in [0.2, 0.25) is 5.91 Å². The van der Waals surface area contributed by atoms with Crippen LogP contribution in [0.4, 0.5) is 4.79 Å². The van der Waals surface area contributed by atoms with Gasteiger partial charge in [-0.25, -0.2) is 4.79 Å². The zero-order valence-corrected chi connectivity index (χ0v) is 11.3. The van der Waals surface area contributed by atoms with Gasteiger partial charge in [-0.1, -0.05) is 0 Å². The molecule has 0 aliphatic carbocycles. The molecule has 0 saturated carbocycles. The second kappa shape index (κ2) is 10.1. The van der Waals surface area contributed by atoms with Crippen LogP contribution in [-0.4, -0.2) is 68.3 Å². The number of aliphatic carboxylic acids is 1. The van der Waals surface area contributed by atoms with Crippen molar-refractivity contribution in [2.75, 3.05) is 40.4 Å². The minimum Gasteiger partial charge on any atom is -0.481 e. The molecule has 0 spiro atoms. The fourth-order valence-corrected chi connectivity index (χ4v) is 1.07. The number of carboxylic acid groups (broad SMARTS) is 1. The monoisotopic (exact) mass is 275 g/mol. The van der Waals surface area contributed by atoms with Gasteiger partial charge in [0, 0.05) is 33.6 Å². The number of carboxylic acids is 1. The summed E-state index contributed by atoms with van der Waals surface area (Å²) in [5.74, 6) is -0.978. The molecule has 0 bridgehead atoms. The van der Waals surface area contributed by atoms with E-state index < -0.39 is 5.97 Å². The Kier molecular flexibility index (Phi) is 9.15. The van der Waals surface area contributed by atoms with E-state index in [2.05, 4.69) is 10.6 Å². The first-order chi connectivity index (χ1) is 8.93. The van der Waals surface area contributed by atoms with Crippen LogP contribution in [0.3, 0.4) is 0 Å². The van der Waals surface area contributed by atoms with Crippen molar-refractivity contribution in [3.63, 3.8) is 0 Å². The third-order valence-corrected chi connectivity index (χ3v) is 2.12. The van der Waals surface area contributed by atoms with Crippen molar-refractivity contribution in [3.05, 3.63) is 0 Å². The van der Waals surface area contributed by atoms with Crippen LogP contribution in [0.1, 0.15) is 12.8 Å². The summed E-state index contributed by atoms with van der Waals surface area (Å²) in [5.41, 5.74) is 0. The Balaban J connectivity index is 3.40. The highest BCUT2D eigenvalue weighted by molar-refractivity contribution is 5.77. The summed E-state index contributed by atoms with van der Waals surface area (Å²) in [6.45, 7) is 0.920. The molecule has 0 aliphatic heterocycles. The van der Waals surface area contributed by atoms with Gasteiger partial charge in [-0.05, 0) is 0 Å². The highest BCUT2D eigenvalue weighted by Gasteiger charge is 2.05. The summed E-state index contributed by atoms with van der Waals surface area (Å²) in [4.78, 5) is 34.1. The van der Waals surface area contributed by atoms with Gasteiger partial charge in [-0.2, -0.15) is 0 Å². The molecule has 8 heteroatoms. The number of amides is 3. The molecule has 0 fully saturated rings. The van der Waals surface area contributed by atoms with Gasteiger partial charge in [0.1, 0.15) is 0 Å². The molecule has 0 aliphatic rings. The van der Waals surface area contributed by atoms with Crippen molar-refractivity contribution >= 4 is 17.9 Å². The van der Waals surface area contributed by atoms with Gasteiger partial charge in [0.05, 0.1) is 19.6 Å². The average molecular weight is 275 g/mol. The minimum absolute atomic E-state index is 0.0567. The van der Waals surface area contributed by atoms with Crippen molar-refractivity contribution in [2.45, 2.75) is 12.8 Å². The molecule has 3 N–H and O–H groups in total. The highest BCUT2D eigenvalue weighted by Crippen LogP contribution is 1.85. The van der Waals surface area contributed by atoms with Crippen molar-refractivity contribution in [1.82, 2.24) is 15.5 Å². The highest BCUT2D eigenvalue weighted by atomic mass is 16.5. The predicted octanol–water partition coefficient (Wildman–Crippen LogP) is -0.745. The summed E-state index contributed by atoms with van der Waals surface area (Å²) >= 11 is 0. The molecule has 0 rings (SSSR count). The summed E-state index contributed by atoms with van der Waals surface area (Å²) < 4.78 is 4.98. The lowest BCUT2D eigenvalue weighted by Gasteiger charge is -2.11. The number of ether oxygens (including phenoxy) is 1. The molecule has 0 saturated heterocycles. The Bertz CT molecular complexity index is 307. The van der Waals surface area contributed by atoms with Crippen molar-refractivity contribution in [2.24, 2.45) is 0 Å². The molecule has 0 aromatic heterocycles. The van der Waals surface area contributed by atoms with Gasteiger partial charge in [-0.3, -0.25) is 9.59 Å². The number of rotatable bonds is 9. The molecule has 0 aromatic carbocycles. The number of nitrogens with one attached hydrogen (secondary N) is 2. The Morgan fingerprint density at radius 1 is 1.05 bits per heavy atom. The lowest BCUT2D eigenvalue weighted by atomic mass is 10.4. The second-order valence-electron chi connectivity index (χ2n) is 3.98. The summed E-state index contributed by atoms with van der Waals surface area (Å²) in [5, 5.41) is 13.4. The first-order valence-corrected chi connectivity index (χ1v) is 5.95. The Morgan fingerprint density at radius 3 is 2.26 bits per heavy atom. The van der Waals surface area contributed by atoms with Crippen LogP contribution in [0.2, 0.25) is 0 Å². The maximum atomic E-state index is 11.2. The SMILES string of the molecule is CN(C)C(=O)CCNC(=O)NCCOCCC(=O)O. The van der Waals surface area contributed by atoms with E-state index in [1.54, 1.807) is 14.1 Å². The van der Waals surface area contributed by atoms with E-state index in [-0.39, 0.29) is 51.1 Å². The number of carbonyl (C=O) groups excluding carboxylic acids is 2. The molecule has 3 amide bonds. The fraction of sp³-hybridized carbons (Fsp3) is 0.727. The van der Waals surface area contributed by atoms with Crippen LogP contribution in [-0.2, 0) is 14.3 Å². The summed E-state index contributed by atoms with van der Waals surface area (Å²) in [7, 11) is 3.30. The first kappa shape index (κ1) is 17.2. The van der Waals surface area contributed by atoms with E-state index >= 15 is 0 Å². The van der Waals surface area contributed by atoms with Gasteiger partial charge in [0.25, 0.3) is 0 Å². The quantitative estimate of drug-likeness (QED) is 0.480. The Hall–Kier alpha value is -1.83. The molecular weight excluding hydrogens is 254 g/mol. The van der Waals surface area contributed by atoms with Crippen molar-refractivity contribution in [1.29, 1.82) is 0 Å². The maximum Gasteiger partial charge on any atom is 0.314 e. The van der Waals surface area contributed by atoms with Crippen LogP contribution >= 0.6 is 0 Å². The minimum atomic E-state index is -0.920. The molecule has 8 nitrogen and oxygen atoms in total. The molecule has 0 atom stereocenters. The van der Waals surface area contributed by atoms with Crippen LogP contribution in [0.25, 0.3) is 0 Å². The van der Waals surface area contributed by atoms with Gasteiger partial charge >= 0.3 is 12.0 Å². The lowest BCUT2D eigenvalue weighted by molar-refractivity contribution is -0.138. The molecule has 0 radical (unpaired) electrons. The molecule has 19 heavy (non-hydrogen) atoms. The Labute approximate surface area is 112 Å². The number of hydrogen-bond donors (Lipinski definition) is 3. The normalized spacial score (nSPS) is 9.79. The molecule has 110 valence electrons. The molecule has 0 heterocycles. The number of nitrogens with zero attached hydrogens (tertiary/aromatic N) is 1. The average Bonchev–Trinajstić information content (AvgIpc) is 2.32. The third-order valence-electron chi connectivity index (χ3n) is 2.12. The summed E-state index contributed by atoms with van der Waals surface area (Å²) in [6.07, 6.45) is 0.189. The number of urea groups is 1. The zero-order chi connectivity index (χ0) is 14.7.